The summed E-state index contributed by atoms with van der Waals surface area (Å²) in [5.41, 5.74) is 1.24. The van der Waals surface area contributed by atoms with Crippen molar-refractivity contribution in [2.45, 2.75) is 32.2 Å². The van der Waals surface area contributed by atoms with E-state index in [1.807, 2.05) is 16.8 Å². The van der Waals surface area contributed by atoms with E-state index in [-0.39, 0.29) is 5.91 Å². The summed E-state index contributed by atoms with van der Waals surface area (Å²) in [6, 6.07) is 2.23. The molecule has 1 aromatic rings. The Hall–Kier alpha value is -0.910. The lowest BCUT2D eigenvalue weighted by atomic mass is 9.88. The average Bonchev–Trinajstić information content (AvgIpc) is 3.13. The first-order chi connectivity index (χ1) is 10.1. The molecule has 116 valence electrons. The fourth-order valence-electron chi connectivity index (χ4n) is 3.44. The lowest BCUT2D eigenvalue weighted by Crippen LogP contribution is -2.47. The second kappa shape index (κ2) is 6.46. The summed E-state index contributed by atoms with van der Waals surface area (Å²) < 4.78 is 0. The summed E-state index contributed by atoms with van der Waals surface area (Å²) in [5.74, 6) is 0.0849. The molecule has 1 atom stereocenters. The molecule has 1 aromatic heterocycles. The molecule has 2 aliphatic heterocycles. The Bertz CT molecular complexity index is 460. The number of amides is 1. The van der Waals surface area contributed by atoms with Gasteiger partial charge in [-0.05, 0) is 42.7 Å². The number of hydrogen-bond donors (Lipinski definition) is 2. The average molecular weight is 307 g/mol. The molecular weight excluding hydrogens is 282 g/mol. The highest BCUT2D eigenvalue weighted by atomic mass is 32.1. The SMILES string of the molecule is CC1(CN2CCC(NC(=O)c3ccsc3)CC2)CCNC1. The molecule has 3 heterocycles. The normalized spacial score (nSPS) is 27.9. The van der Waals surface area contributed by atoms with E-state index < -0.39 is 0 Å². The number of rotatable bonds is 4. The first-order valence-electron chi connectivity index (χ1n) is 7.91. The molecule has 2 N–H and O–H groups in total. The number of likely N-dealkylation sites (tertiary alicyclic amines) is 1. The minimum Gasteiger partial charge on any atom is -0.349 e. The zero-order chi connectivity index (χ0) is 14.7. The third-order valence-electron chi connectivity index (χ3n) is 4.77. The van der Waals surface area contributed by atoms with Crippen LogP contribution in [0.1, 0.15) is 36.5 Å². The van der Waals surface area contributed by atoms with Crippen molar-refractivity contribution in [3.8, 4) is 0 Å². The molecule has 2 fully saturated rings. The van der Waals surface area contributed by atoms with Crippen LogP contribution in [0.5, 0.6) is 0 Å². The van der Waals surface area contributed by atoms with E-state index in [1.54, 1.807) is 11.3 Å². The molecule has 2 aliphatic rings. The van der Waals surface area contributed by atoms with Crippen LogP contribution in [0.25, 0.3) is 0 Å². The molecule has 0 aromatic carbocycles. The number of carbonyl (C=O) groups excluding carboxylic acids is 1. The van der Waals surface area contributed by atoms with Gasteiger partial charge in [0.15, 0.2) is 0 Å². The van der Waals surface area contributed by atoms with Gasteiger partial charge in [0.1, 0.15) is 0 Å². The summed E-state index contributed by atoms with van der Waals surface area (Å²) in [4.78, 5) is 14.6. The predicted molar refractivity (Wildman–Crippen MR) is 86.8 cm³/mol. The molecule has 0 aliphatic carbocycles. The molecule has 3 rings (SSSR count). The van der Waals surface area contributed by atoms with Crippen molar-refractivity contribution in [3.63, 3.8) is 0 Å². The topological polar surface area (TPSA) is 44.4 Å². The molecule has 1 amide bonds. The number of nitrogens with one attached hydrogen (secondary N) is 2. The number of piperidine rings is 1. The highest BCUT2D eigenvalue weighted by Crippen LogP contribution is 2.27. The van der Waals surface area contributed by atoms with Crippen LogP contribution in [0.2, 0.25) is 0 Å². The first kappa shape index (κ1) is 15.0. The van der Waals surface area contributed by atoms with Gasteiger partial charge in [-0.25, -0.2) is 0 Å². The van der Waals surface area contributed by atoms with E-state index in [0.29, 0.717) is 11.5 Å². The second-order valence-corrected chi connectivity index (χ2v) is 7.55. The van der Waals surface area contributed by atoms with Crippen molar-refractivity contribution >= 4 is 17.2 Å². The van der Waals surface area contributed by atoms with Crippen LogP contribution in [0.3, 0.4) is 0 Å². The van der Waals surface area contributed by atoms with E-state index >= 15 is 0 Å². The van der Waals surface area contributed by atoms with Gasteiger partial charge in [-0.1, -0.05) is 6.92 Å². The summed E-state index contributed by atoms with van der Waals surface area (Å²) in [6.07, 6.45) is 3.42. The maximum Gasteiger partial charge on any atom is 0.252 e. The Kier molecular flexibility index (Phi) is 4.62. The van der Waals surface area contributed by atoms with Gasteiger partial charge in [0, 0.05) is 43.2 Å². The van der Waals surface area contributed by atoms with Crippen LogP contribution in [0.15, 0.2) is 16.8 Å². The van der Waals surface area contributed by atoms with Crippen molar-refractivity contribution in [2.24, 2.45) is 5.41 Å². The molecule has 21 heavy (non-hydrogen) atoms. The Morgan fingerprint density at radius 1 is 1.52 bits per heavy atom. The third-order valence-corrected chi connectivity index (χ3v) is 5.45. The highest BCUT2D eigenvalue weighted by molar-refractivity contribution is 7.08. The van der Waals surface area contributed by atoms with E-state index in [9.17, 15) is 4.79 Å². The van der Waals surface area contributed by atoms with Crippen molar-refractivity contribution in [1.29, 1.82) is 0 Å². The van der Waals surface area contributed by atoms with Gasteiger partial charge in [-0.3, -0.25) is 4.79 Å². The van der Waals surface area contributed by atoms with Crippen LogP contribution in [0.4, 0.5) is 0 Å². The van der Waals surface area contributed by atoms with Crippen molar-refractivity contribution in [2.75, 3.05) is 32.7 Å². The number of nitrogens with zero attached hydrogens (tertiary/aromatic N) is 1. The Morgan fingerprint density at radius 2 is 2.33 bits per heavy atom. The van der Waals surface area contributed by atoms with Crippen molar-refractivity contribution < 1.29 is 4.79 Å². The van der Waals surface area contributed by atoms with E-state index in [2.05, 4.69) is 22.5 Å². The summed E-state index contributed by atoms with van der Waals surface area (Å²) in [7, 11) is 0. The molecule has 0 saturated carbocycles. The lowest BCUT2D eigenvalue weighted by Gasteiger charge is -2.37. The van der Waals surface area contributed by atoms with Crippen LogP contribution in [0, 0.1) is 5.41 Å². The molecule has 1 unspecified atom stereocenters. The zero-order valence-electron chi connectivity index (χ0n) is 12.7. The van der Waals surface area contributed by atoms with Gasteiger partial charge in [-0.2, -0.15) is 11.3 Å². The Balaban J connectivity index is 1.43. The summed E-state index contributed by atoms with van der Waals surface area (Å²) in [6.45, 7) is 8.07. The second-order valence-electron chi connectivity index (χ2n) is 6.77. The summed E-state index contributed by atoms with van der Waals surface area (Å²) >= 11 is 1.57. The Labute approximate surface area is 130 Å². The maximum atomic E-state index is 12.1. The highest BCUT2D eigenvalue weighted by Gasteiger charge is 2.32. The van der Waals surface area contributed by atoms with E-state index in [0.717, 1.165) is 44.6 Å². The molecule has 5 heteroatoms. The van der Waals surface area contributed by atoms with Gasteiger partial charge in [-0.15, -0.1) is 0 Å². The van der Waals surface area contributed by atoms with Crippen LogP contribution in [-0.4, -0.2) is 49.6 Å². The van der Waals surface area contributed by atoms with Gasteiger partial charge in [0.05, 0.1) is 0 Å². The summed E-state index contributed by atoms with van der Waals surface area (Å²) in [5, 5.41) is 10.5. The molecule has 2 saturated heterocycles. The third kappa shape index (κ3) is 3.84. The smallest absolute Gasteiger partial charge is 0.252 e. The number of thiophene rings is 1. The standard InChI is InChI=1S/C16H25N3OS/c1-16(5-6-17-11-16)12-19-7-2-14(3-8-19)18-15(20)13-4-9-21-10-13/h4,9-10,14,17H,2-3,5-8,11-12H2,1H3,(H,18,20). The number of hydrogen-bond acceptors (Lipinski definition) is 4. The van der Waals surface area contributed by atoms with E-state index in [1.165, 1.54) is 13.0 Å². The van der Waals surface area contributed by atoms with Crippen molar-refractivity contribution in [1.82, 2.24) is 15.5 Å². The lowest BCUT2D eigenvalue weighted by molar-refractivity contribution is 0.0892. The number of carbonyl (C=O) groups is 1. The largest absolute Gasteiger partial charge is 0.349 e. The predicted octanol–water partition coefficient (Wildman–Crippen LogP) is 1.94. The first-order valence-corrected chi connectivity index (χ1v) is 8.85. The van der Waals surface area contributed by atoms with Crippen LogP contribution in [-0.2, 0) is 0 Å². The van der Waals surface area contributed by atoms with Crippen molar-refractivity contribution in [3.05, 3.63) is 22.4 Å². The fourth-order valence-corrected chi connectivity index (χ4v) is 4.08. The minimum absolute atomic E-state index is 0.0849. The van der Waals surface area contributed by atoms with Gasteiger partial charge in [0.2, 0.25) is 0 Å². The molecule has 0 radical (unpaired) electrons. The molecular formula is C16H25N3OS. The molecule has 0 spiro atoms. The minimum atomic E-state index is 0.0849. The zero-order valence-corrected chi connectivity index (χ0v) is 13.5. The quantitative estimate of drug-likeness (QED) is 0.893. The van der Waals surface area contributed by atoms with Gasteiger partial charge < -0.3 is 15.5 Å². The Morgan fingerprint density at radius 3 is 2.95 bits per heavy atom. The van der Waals surface area contributed by atoms with Gasteiger partial charge in [0.25, 0.3) is 5.91 Å². The van der Waals surface area contributed by atoms with E-state index in [4.69, 9.17) is 0 Å². The molecule has 4 nitrogen and oxygen atoms in total. The van der Waals surface area contributed by atoms with Gasteiger partial charge >= 0.3 is 0 Å². The fraction of sp³-hybridized carbons (Fsp3) is 0.688. The molecule has 0 bridgehead atoms. The monoisotopic (exact) mass is 307 g/mol. The van der Waals surface area contributed by atoms with Crippen LogP contribution >= 0.6 is 11.3 Å². The maximum absolute atomic E-state index is 12.1. The van der Waals surface area contributed by atoms with Crippen LogP contribution < -0.4 is 10.6 Å².